The molecular weight excluding hydrogens is 432 g/mol. The number of carbonyl (C=O) groups is 3. The van der Waals surface area contributed by atoms with E-state index in [1.165, 1.54) is 25.1 Å². The first kappa shape index (κ1) is 21.8. The molecule has 1 spiro atoms. The van der Waals surface area contributed by atoms with E-state index in [1.807, 2.05) is 0 Å². The number of imide groups is 1. The SMILES string of the molecule is C[C@H](C(=O)Nc1cccc(NS(=O)(=O)c2ccccc2)c1)N1C(=O)NC2(CCCC2)C1=O. The van der Waals surface area contributed by atoms with Gasteiger partial charge >= 0.3 is 6.03 Å². The van der Waals surface area contributed by atoms with Gasteiger partial charge in [-0.05, 0) is 50.1 Å². The van der Waals surface area contributed by atoms with Crippen molar-refractivity contribution in [3.8, 4) is 0 Å². The molecule has 32 heavy (non-hydrogen) atoms. The Morgan fingerprint density at radius 1 is 1.03 bits per heavy atom. The molecule has 2 fully saturated rings. The van der Waals surface area contributed by atoms with Crippen LogP contribution in [-0.2, 0) is 19.6 Å². The Hall–Kier alpha value is -3.40. The van der Waals surface area contributed by atoms with Crippen molar-refractivity contribution < 1.29 is 22.8 Å². The highest BCUT2D eigenvalue weighted by Crippen LogP contribution is 2.35. The molecule has 2 aliphatic rings. The summed E-state index contributed by atoms with van der Waals surface area (Å²) < 4.78 is 27.5. The zero-order valence-electron chi connectivity index (χ0n) is 17.5. The number of nitrogens with zero attached hydrogens (tertiary/aromatic N) is 1. The maximum atomic E-state index is 12.9. The van der Waals surface area contributed by atoms with Crippen LogP contribution in [0, 0.1) is 0 Å². The van der Waals surface area contributed by atoms with Gasteiger partial charge < -0.3 is 10.6 Å². The van der Waals surface area contributed by atoms with Crippen LogP contribution in [0.2, 0.25) is 0 Å². The quantitative estimate of drug-likeness (QED) is 0.577. The number of rotatable bonds is 6. The summed E-state index contributed by atoms with van der Waals surface area (Å²) in [6.07, 6.45) is 2.86. The van der Waals surface area contributed by atoms with E-state index in [9.17, 15) is 22.8 Å². The minimum atomic E-state index is -3.78. The first-order valence-electron chi connectivity index (χ1n) is 10.4. The number of anilines is 2. The minimum absolute atomic E-state index is 0.113. The van der Waals surface area contributed by atoms with Crippen molar-refractivity contribution in [3.05, 3.63) is 54.6 Å². The molecule has 1 aliphatic heterocycles. The van der Waals surface area contributed by atoms with Crippen LogP contribution in [0.25, 0.3) is 0 Å². The smallest absolute Gasteiger partial charge is 0.324 e. The predicted octanol–water partition coefficient (Wildman–Crippen LogP) is 2.68. The topological polar surface area (TPSA) is 125 Å². The van der Waals surface area contributed by atoms with E-state index >= 15 is 0 Å². The lowest BCUT2D eigenvalue weighted by Crippen LogP contribution is -2.48. The third kappa shape index (κ3) is 4.05. The van der Waals surface area contributed by atoms with Crippen molar-refractivity contribution >= 4 is 39.2 Å². The van der Waals surface area contributed by atoms with E-state index in [-0.39, 0.29) is 16.5 Å². The molecule has 1 saturated heterocycles. The van der Waals surface area contributed by atoms with Crippen molar-refractivity contribution in [1.29, 1.82) is 0 Å². The largest absolute Gasteiger partial charge is 0.325 e. The Labute approximate surface area is 186 Å². The zero-order valence-corrected chi connectivity index (χ0v) is 18.3. The van der Waals surface area contributed by atoms with Gasteiger partial charge in [-0.2, -0.15) is 0 Å². The van der Waals surface area contributed by atoms with Gasteiger partial charge in [-0.25, -0.2) is 18.1 Å². The number of carbonyl (C=O) groups excluding carboxylic acids is 3. The Morgan fingerprint density at radius 3 is 2.38 bits per heavy atom. The molecular formula is C22H24N4O5S. The van der Waals surface area contributed by atoms with E-state index in [0.29, 0.717) is 18.5 Å². The molecule has 1 atom stereocenters. The van der Waals surface area contributed by atoms with Gasteiger partial charge in [0, 0.05) is 5.69 Å². The Kier molecular flexibility index (Phi) is 5.64. The highest BCUT2D eigenvalue weighted by Gasteiger charge is 2.54. The van der Waals surface area contributed by atoms with Gasteiger partial charge in [-0.3, -0.25) is 14.3 Å². The van der Waals surface area contributed by atoms with Crippen LogP contribution in [0.4, 0.5) is 16.2 Å². The standard InChI is InChI=1S/C22H24N4O5S/c1-15(26-20(28)22(24-21(26)29)12-5-6-13-22)19(27)23-16-8-7-9-17(14-16)25-32(30,31)18-10-3-2-4-11-18/h2-4,7-11,14-15,25H,5-6,12-13H2,1H3,(H,23,27)(H,24,29)/t15-/m1/s1. The number of nitrogens with one attached hydrogen (secondary N) is 3. The summed E-state index contributed by atoms with van der Waals surface area (Å²) in [4.78, 5) is 39.2. The molecule has 0 radical (unpaired) electrons. The normalized spacial score (nSPS) is 18.5. The summed E-state index contributed by atoms with van der Waals surface area (Å²) in [7, 11) is -3.78. The summed E-state index contributed by atoms with van der Waals surface area (Å²) in [6.45, 7) is 1.49. The van der Waals surface area contributed by atoms with Crippen LogP contribution in [0.5, 0.6) is 0 Å². The van der Waals surface area contributed by atoms with Crippen LogP contribution in [0.3, 0.4) is 0 Å². The summed E-state index contributed by atoms with van der Waals surface area (Å²) in [5, 5.41) is 5.42. The van der Waals surface area contributed by atoms with E-state index in [2.05, 4.69) is 15.4 Å². The fraction of sp³-hybridized carbons (Fsp3) is 0.318. The Morgan fingerprint density at radius 2 is 1.69 bits per heavy atom. The van der Waals surface area contributed by atoms with Crippen LogP contribution >= 0.6 is 0 Å². The lowest BCUT2D eigenvalue weighted by molar-refractivity contribution is -0.136. The van der Waals surface area contributed by atoms with Crippen LogP contribution in [-0.4, -0.2) is 42.7 Å². The second-order valence-corrected chi connectivity index (χ2v) is 9.74. The molecule has 3 N–H and O–H groups in total. The molecule has 9 nitrogen and oxygen atoms in total. The van der Waals surface area contributed by atoms with Gasteiger partial charge in [0.1, 0.15) is 11.6 Å². The van der Waals surface area contributed by atoms with Crippen LogP contribution in [0.1, 0.15) is 32.6 Å². The van der Waals surface area contributed by atoms with Gasteiger partial charge in [-0.1, -0.05) is 37.1 Å². The second kappa shape index (κ2) is 8.27. The first-order valence-corrected chi connectivity index (χ1v) is 11.8. The molecule has 1 aliphatic carbocycles. The van der Waals surface area contributed by atoms with Crippen molar-refractivity contribution in [3.63, 3.8) is 0 Å². The summed E-state index contributed by atoms with van der Waals surface area (Å²) in [5.41, 5.74) is -0.293. The number of benzene rings is 2. The van der Waals surface area contributed by atoms with Crippen LogP contribution in [0.15, 0.2) is 59.5 Å². The molecule has 0 aromatic heterocycles. The van der Waals surface area contributed by atoms with Gasteiger partial charge in [0.05, 0.1) is 10.6 Å². The molecule has 1 saturated carbocycles. The highest BCUT2D eigenvalue weighted by molar-refractivity contribution is 7.92. The highest BCUT2D eigenvalue weighted by atomic mass is 32.2. The van der Waals surface area contributed by atoms with E-state index in [0.717, 1.165) is 17.7 Å². The lowest BCUT2D eigenvalue weighted by atomic mass is 9.97. The Bertz CT molecular complexity index is 1160. The maximum absolute atomic E-state index is 12.9. The average Bonchev–Trinajstić information content (AvgIpc) is 3.32. The van der Waals surface area contributed by atoms with E-state index in [4.69, 9.17) is 0 Å². The number of hydrogen-bond donors (Lipinski definition) is 3. The minimum Gasteiger partial charge on any atom is -0.324 e. The molecule has 2 aromatic carbocycles. The Balaban J connectivity index is 1.46. The van der Waals surface area contributed by atoms with Crippen LogP contribution < -0.4 is 15.4 Å². The molecule has 4 rings (SSSR count). The van der Waals surface area contributed by atoms with Crippen molar-refractivity contribution in [2.75, 3.05) is 10.0 Å². The van der Waals surface area contributed by atoms with E-state index < -0.39 is 33.5 Å². The summed E-state index contributed by atoms with van der Waals surface area (Å²) in [5.74, 6) is -0.918. The summed E-state index contributed by atoms with van der Waals surface area (Å²) in [6, 6.07) is 12.5. The molecule has 2 aromatic rings. The fourth-order valence-electron chi connectivity index (χ4n) is 4.15. The molecule has 0 unspecified atom stereocenters. The zero-order chi connectivity index (χ0) is 22.9. The number of hydrogen-bond acceptors (Lipinski definition) is 5. The molecule has 1 heterocycles. The van der Waals surface area contributed by atoms with Crippen molar-refractivity contribution in [2.45, 2.75) is 49.1 Å². The molecule has 10 heteroatoms. The number of urea groups is 1. The van der Waals surface area contributed by atoms with Gasteiger partial charge in [-0.15, -0.1) is 0 Å². The summed E-state index contributed by atoms with van der Waals surface area (Å²) >= 11 is 0. The third-order valence-electron chi connectivity index (χ3n) is 5.85. The predicted molar refractivity (Wildman–Crippen MR) is 118 cm³/mol. The molecule has 0 bridgehead atoms. The van der Waals surface area contributed by atoms with Gasteiger partial charge in [0.15, 0.2) is 0 Å². The maximum Gasteiger partial charge on any atom is 0.325 e. The molecule has 4 amide bonds. The second-order valence-electron chi connectivity index (χ2n) is 8.06. The average molecular weight is 457 g/mol. The third-order valence-corrected chi connectivity index (χ3v) is 7.25. The molecule has 168 valence electrons. The fourth-order valence-corrected chi connectivity index (χ4v) is 5.22. The number of amides is 4. The number of sulfonamides is 1. The van der Waals surface area contributed by atoms with Crippen molar-refractivity contribution in [2.24, 2.45) is 0 Å². The van der Waals surface area contributed by atoms with Gasteiger partial charge in [0.2, 0.25) is 5.91 Å². The van der Waals surface area contributed by atoms with Crippen molar-refractivity contribution in [1.82, 2.24) is 10.2 Å². The first-order chi connectivity index (χ1) is 15.2. The monoisotopic (exact) mass is 456 g/mol. The lowest BCUT2D eigenvalue weighted by Gasteiger charge is -2.23. The van der Waals surface area contributed by atoms with Gasteiger partial charge in [0.25, 0.3) is 15.9 Å². The van der Waals surface area contributed by atoms with E-state index in [1.54, 1.807) is 36.4 Å².